The lowest BCUT2D eigenvalue weighted by atomic mass is 9.88. The van der Waals surface area contributed by atoms with E-state index in [9.17, 15) is 9.59 Å². The number of hydrogen-bond acceptors (Lipinski definition) is 3. The minimum atomic E-state index is 0.0497. The van der Waals surface area contributed by atoms with Crippen LogP contribution in [-0.4, -0.2) is 42.4 Å². The van der Waals surface area contributed by atoms with Gasteiger partial charge in [0.25, 0.3) is 0 Å². The van der Waals surface area contributed by atoms with Gasteiger partial charge in [0.05, 0.1) is 6.54 Å². The first-order valence-electron chi connectivity index (χ1n) is 11.0. The van der Waals surface area contributed by atoms with E-state index in [-0.39, 0.29) is 23.8 Å². The molecule has 2 N–H and O–H groups in total. The van der Waals surface area contributed by atoms with Gasteiger partial charge in [-0.05, 0) is 50.2 Å². The zero-order valence-electron chi connectivity index (χ0n) is 17.4. The zero-order chi connectivity index (χ0) is 19.9. The number of aryl methyl sites for hydroxylation is 2. The standard InChI is InChI=1S/C23H35N3O2/c1-3-18-11-7-8-17(2)22(18)25-21(27)16-26-14-12-20(13-15-26)24-23(28)19-9-5-4-6-10-19/h7-8,11,19-20H,3-6,9-10,12-16H2,1-2H3,(H,24,28)(H,25,27). The summed E-state index contributed by atoms with van der Waals surface area (Å²) in [5.41, 5.74) is 3.25. The third kappa shape index (κ3) is 5.57. The Labute approximate surface area is 169 Å². The molecule has 2 amide bonds. The maximum atomic E-state index is 12.5. The van der Waals surface area contributed by atoms with E-state index >= 15 is 0 Å². The summed E-state index contributed by atoms with van der Waals surface area (Å²) in [7, 11) is 0. The highest BCUT2D eigenvalue weighted by atomic mass is 16.2. The number of nitrogens with one attached hydrogen (secondary N) is 2. The van der Waals surface area contributed by atoms with E-state index in [1.54, 1.807) is 0 Å². The molecule has 154 valence electrons. The molecule has 5 nitrogen and oxygen atoms in total. The highest BCUT2D eigenvalue weighted by Crippen LogP contribution is 2.24. The number of benzene rings is 1. The van der Waals surface area contributed by atoms with Crippen LogP contribution >= 0.6 is 0 Å². The average Bonchev–Trinajstić information content (AvgIpc) is 2.71. The number of likely N-dealkylation sites (tertiary alicyclic amines) is 1. The second kappa shape index (κ2) is 10.1. The highest BCUT2D eigenvalue weighted by molar-refractivity contribution is 5.93. The lowest BCUT2D eigenvalue weighted by molar-refractivity contribution is -0.127. The van der Waals surface area contributed by atoms with Crippen molar-refractivity contribution in [3.8, 4) is 0 Å². The van der Waals surface area contributed by atoms with E-state index in [0.717, 1.165) is 56.4 Å². The van der Waals surface area contributed by atoms with Crippen LogP contribution in [0.3, 0.4) is 0 Å². The van der Waals surface area contributed by atoms with Gasteiger partial charge in [-0.2, -0.15) is 0 Å². The van der Waals surface area contributed by atoms with Crippen LogP contribution in [0.4, 0.5) is 5.69 Å². The number of carbonyl (C=O) groups excluding carboxylic acids is 2. The Morgan fingerprint density at radius 2 is 1.79 bits per heavy atom. The van der Waals surface area contributed by atoms with E-state index in [2.05, 4.69) is 28.5 Å². The Bertz CT molecular complexity index is 674. The maximum absolute atomic E-state index is 12.5. The minimum Gasteiger partial charge on any atom is -0.353 e. The molecule has 1 aliphatic carbocycles. The van der Waals surface area contributed by atoms with E-state index in [0.29, 0.717) is 6.54 Å². The molecule has 2 aliphatic rings. The number of rotatable bonds is 6. The molecule has 1 heterocycles. The summed E-state index contributed by atoms with van der Waals surface area (Å²) in [5.74, 6) is 0.524. The van der Waals surface area contributed by atoms with Crippen LogP contribution in [-0.2, 0) is 16.0 Å². The molecule has 0 unspecified atom stereocenters. The predicted molar refractivity (Wildman–Crippen MR) is 113 cm³/mol. The monoisotopic (exact) mass is 385 g/mol. The van der Waals surface area contributed by atoms with Crippen molar-refractivity contribution in [2.24, 2.45) is 5.92 Å². The summed E-state index contributed by atoms with van der Waals surface area (Å²) in [5, 5.41) is 6.37. The van der Waals surface area contributed by atoms with Crippen molar-refractivity contribution in [2.75, 3.05) is 25.0 Å². The molecule has 0 radical (unpaired) electrons. The van der Waals surface area contributed by atoms with Crippen LogP contribution in [0, 0.1) is 12.8 Å². The largest absolute Gasteiger partial charge is 0.353 e. The Kier molecular flexibility index (Phi) is 7.49. The van der Waals surface area contributed by atoms with Gasteiger partial charge >= 0.3 is 0 Å². The van der Waals surface area contributed by atoms with Crippen molar-refractivity contribution >= 4 is 17.5 Å². The number of anilines is 1. The number of hydrogen-bond donors (Lipinski definition) is 2. The maximum Gasteiger partial charge on any atom is 0.238 e. The van der Waals surface area contributed by atoms with Crippen LogP contribution in [0.1, 0.15) is 63.0 Å². The normalized spacial score (nSPS) is 19.4. The van der Waals surface area contributed by atoms with Crippen LogP contribution in [0.15, 0.2) is 18.2 Å². The number of carbonyl (C=O) groups is 2. The second-order valence-electron chi connectivity index (χ2n) is 8.40. The topological polar surface area (TPSA) is 61.4 Å². The molecule has 28 heavy (non-hydrogen) atoms. The summed E-state index contributed by atoms with van der Waals surface area (Å²) in [4.78, 5) is 27.2. The molecule has 1 aliphatic heterocycles. The fourth-order valence-corrected chi connectivity index (χ4v) is 4.50. The van der Waals surface area contributed by atoms with Crippen LogP contribution in [0.5, 0.6) is 0 Å². The molecule has 1 aromatic carbocycles. The minimum absolute atomic E-state index is 0.0497. The van der Waals surface area contributed by atoms with Crippen molar-refractivity contribution < 1.29 is 9.59 Å². The third-order valence-electron chi connectivity index (χ3n) is 6.28. The molecule has 0 atom stereocenters. The zero-order valence-corrected chi connectivity index (χ0v) is 17.4. The first kappa shape index (κ1) is 20.8. The molecular weight excluding hydrogens is 350 g/mol. The molecule has 0 bridgehead atoms. The molecule has 3 rings (SSSR count). The van der Waals surface area contributed by atoms with E-state index in [1.165, 1.54) is 24.8 Å². The molecule has 1 saturated heterocycles. The van der Waals surface area contributed by atoms with Gasteiger partial charge in [-0.25, -0.2) is 0 Å². The molecular formula is C23H35N3O2. The average molecular weight is 386 g/mol. The van der Waals surface area contributed by atoms with Crippen molar-refractivity contribution in [1.82, 2.24) is 10.2 Å². The summed E-state index contributed by atoms with van der Waals surface area (Å²) in [6, 6.07) is 6.41. The molecule has 5 heteroatoms. The van der Waals surface area contributed by atoms with Crippen molar-refractivity contribution in [2.45, 2.75) is 71.3 Å². The van der Waals surface area contributed by atoms with Crippen molar-refractivity contribution in [3.05, 3.63) is 29.3 Å². The van der Waals surface area contributed by atoms with Gasteiger partial charge in [0.2, 0.25) is 11.8 Å². The van der Waals surface area contributed by atoms with Crippen LogP contribution in [0.25, 0.3) is 0 Å². The first-order chi connectivity index (χ1) is 13.6. The predicted octanol–water partition coefficient (Wildman–Crippen LogP) is 3.66. The second-order valence-corrected chi connectivity index (χ2v) is 8.40. The molecule has 2 fully saturated rings. The van der Waals surface area contributed by atoms with E-state index in [4.69, 9.17) is 0 Å². The summed E-state index contributed by atoms with van der Waals surface area (Å²) < 4.78 is 0. The summed E-state index contributed by atoms with van der Waals surface area (Å²) >= 11 is 0. The van der Waals surface area contributed by atoms with Gasteiger partial charge < -0.3 is 10.6 Å². The molecule has 1 aromatic rings. The fraction of sp³-hybridized carbons (Fsp3) is 0.652. The van der Waals surface area contributed by atoms with E-state index in [1.807, 2.05) is 19.1 Å². The lowest BCUT2D eigenvalue weighted by Crippen LogP contribution is -2.48. The molecule has 0 spiro atoms. The smallest absolute Gasteiger partial charge is 0.238 e. The van der Waals surface area contributed by atoms with Crippen molar-refractivity contribution in [3.63, 3.8) is 0 Å². The Morgan fingerprint density at radius 3 is 2.46 bits per heavy atom. The van der Waals surface area contributed by atoms with Crippen molar-refractivity contribution in [1.29, 1.82) is 0 Å². The van der Waals surface area contributed by atoms with Gasteiger partial charge in [0.1, 0.15) is 0 Å². The number of piperidine rings is 1. The van der Waals surface area contributed by atoms with E-state index < -0.39 is 0 Å². The number of amides is 2. The molecule has 1 saturated carbocycles. The van der Waals surface area contributed by atoms with Crippen LogP contribution < -0.4 is 10.6 Å². The summed E-state index contributed by atoms with van der Waals surface area (Å²) in [6.07, 6.45) is 8.49. The lowest BCUT2D eigenvalue weighted by Gasteiger charge is -2.33. The van der Waals surface area contributed by atoms with Gasteiger partial charge in [0.15, 0.2) is 0 Å². The quantitative estimate of drug-likeness (QED) is 0.786. The Hall–Kier alpha value is -1.88. The van der Waals surface area contributed by atoms with Crippen LogP contribution in [0.2, 0.25) is 0 Å². The Balaban J connectivity index is 1.43. The fourth-order valence-electron chi connectivity index (χ4n) is 4.50. The van der Waals surface area contributed by atoms with Gasteiger partial charge in [-0.1, -0.05) is 44.4 Å². The SMILES string of the molecule is CCc1cccc(C)c1NC(=O)CN1CCC(NC(=O)C2CCCCC2)CC1. The molecule has 0 aromatic heterocycles. The van der Waals surface area contributed by atoms with Gasteiger partial charge in [-0.15, -0.1) is 0 Å². The van der Waals surface area contributed by atoms with Gasteiger partial charge in [-0.3, -0.25) is 14.5 Å². The van der Waals surface area contributed by atoms with Gasteiger partial charge in [0, 0.05) is 30.7 Å². The number of nitrogens with zero attached hydrogens (tertiary/aromatic N) is 1. The highest BCUT2D eigenvalue weighted by Gasteiger charge is 2.26. The first-order valence-corrected chi connectivity index (χ1v) is 11.0. The summed E-state index contributed by atoms with van der Waals surface area (Å²) in [6.45, 7) is 6.28. The Morgan fingerprint density at radius 1 is 1.07 bits per heavy atom. The third-order valence-corrected chi connectivity index (χ3v) is 6.28. The number of para-hydroxylation sites is 1.